The van der Waals surface area contributed by atoms with Crippen LogP contribution in [0.3, 0.4) is 0 Å². The van der Waals surface area contributed by atoms with Crippen molar-refractivity contribution in [2.45, 2.75) is 6.92 Å². The molecule has 0 saturated carbocycles. The van der Waals surface area contributed by atoms with Crippen LogP contribution in [-0.4, -0.2) is 11.5 Å². The smallest absolute Gasteiger partial charge is 0.122 e. The van der Waals surface area contributed by atoms with E-state index in [0.717, 1.165) is 11.3 Å². The van der Waals surface area contributed by atoms with Gasteiger partial charge >= 0.3 is 0 Å². The molecule has 0 radical (unpaired) electrons. The molecule has 0 aliphatic carbocycles. The summed E-state index contributed by atoms with van der Waals surface area (Å²) in [6.07, 6.45) is 0. The second-order valence-corrected chi connectivity index (χ2v) is 4.47. The van der Waals surface area contributed by atoms with E-state index in [1.165, 1.54) is 0 Å². The van der Waals surface area contributed by atoms with E-state index in [9.17, 15) is 0 Å². The van der Waals surface area contributed by atoms with Gasteiger partial charge in [-0.2, -0.15) is 0 Å². The topological polar surface area (TPSA) is 110 Å². The first-order valence-electron chi connectivity index (χ1n) is 6.33. The molecule has 0 saturated heterocycles. The van der Waals surface area contributed by atoms with Gasteiger partial charge in [-0.15, -0.1) is 5.11 Å². The van der Waals surface area contributed by atoms with E-state index in [4.69, 9.17) is 16.6 Å². The largest absolute Gasteiger partial charge is 0.384 e. The van der Waals surface area contributed by atoms with Crippen LogP contribution < -0.4 is 11.2 Å². The quantitative estimate of drug-likeness (QED) is 0.291. The summed E-state index contributed by atoms with van der Waals surface area (Å²) in [6.45, 7) is 1.74. The van der Waals surface area contributed by atoms with Crippen LogP contribution in [-0.2, 0) is 0 Å². The van der Waals surface area contributed by atoms with Crippen LogP contribution in [0.5, 0.6) is 0 Å². The van der Waals surface area contributed by atoms with Crippen molar-refractivity contribution in [3.8, 4) is 0 Å². The van der Waals surface area contributed by atoms with Crippen LogP contribution in [0, 0.1) is 10.8 Å². The van der Waals surface area contributed by atoms with Gasteiger partial charge in [0.15, 0.2) is 0 Å². The molecule has 5 N–H and O–H groups in total. The molecule has 0 unspecified atom stereocenters. The maximum atomic E-state index is 7.51. The summed E-state index contributed by atoms with van der Waals surface area (Å²) in [5, 5.41) is 22.8. The Morgan fingerprint density at radius 1 is 0.952 bits per heavy atom. The van der Waals surface area contributed by atoms with Gasteiger partial charge in [-0.3, -0.25) is 10.8 Å². The Hall–Kier alpha value is -3.02. The maximum absolute atomic E-state index is 7.51. The monoisotopic (exact) mass is 280 g/mol. The van der Waals surface area contributed by atoms with Gasteiger partial charge in [0, 0.05) is 11.3 Å². The molecule has 2 aromatic carbocycles. The fourth-order valence-corrected chi connectivity index (χ4v) is 1.64. The highest BCUT2D eigenvalue weighted by atomic mass is 15.4. The molecule has 0 aliphatic rings. The molecule has 0 aliphatic heterocycles. The van der Waals surface area contributed by atoms with Crippen LogP contribution in [0.4, 0.5) is 11.4 Å². The molecule has 2 aromatic rings. The first kappa shape index (κ1) is 14.4. The Morgan fingerprint density at radius 3 is 2.05 bits per heavy atom. The van der Waals surface area contributed by atoms with Gasteiger partial charge in [0.05, 0.1) is 11.4 Å². The van der Waals surface area contributed by atoms with Crippen molar-refractivity contribution in [3.63, 3.8) is 0 Å². The molecule has 2 rings (SSSR count). The first-order valence-corrected chi connectivity index (χ1v) is 6.33. The number of rotatable bonds is 5. The summed E-state index contributed by atoms with van der Waals surface area (Å²) >= 11 is 0. The van der Waals surface area contributed by atoms with Crippen molar-refractivity contribution < 1.29 is 0 Å². The summed E-state index contributed by atoms with van der Waals surface area (Å²) in [5.41, 5.74) is 11.7. The number of benzene rings is 2. The number of nitrogens with one attached hydrogen (secondary N) is 3. The molecule has 0 atom stereocenters. The lowest BCUT2D eigenvalue weighted by Gasteiger charge is -2.01. The summed E-state index contributed by atoms with van der Waals surface area (Å²) in [5.74, 6) is 0.0322. The zero-order valence-electron chi connectivity index (χ0n) is 11.6. The number of hydrogen-bond donors (Lipinski definition) is 4. The second kappa shape index (κ2) is 6.42. The molecule has 106 valence electrons. The SMILES string of the molecule is CC(=N)c1ccc(/N=N/Nc2ccc(C(=N)N)cc2)cc1. The van der Waals surface area contributed by atoms with Crippen molar-refractivity contribution in [1.82, 2.24) is 0 Å². The van der Waals surface area contributed by atoms with Gasteiger partial charge in [0.2, 0.25) is 0 Å². The lowest BCUT2D eigenvalue weighted by atomic mass is 10.1. The number of anilines is 1. The van der Waals surface area contributed by atoms with E-state index in [-0.39, 0.29) is 5.84 Å². The molecule has 0 heterocycles. The molecule has 0 amide bonds. The van der Waals surface area contributed by atoms with Gasteiger partial charge in [0.1, 0.15) is 5.84 Å². The van der Waals surface area contributed by atoms with Gasteiger partial charge in [-0.25, -0.2) is 0 Å². The van der Waals surface area contributed by atoms with E-state index < -0.39 is 0 Å². The summed E-state index contributed by atoms with van der Waals surface area (Å²) in [6, 6.07) is 14.3. The zero-order valence-corrected chi connectivity index (χ0v) is 11.6. The first-order chi connectivity index (χ1) is 10.1. The van der Waals surface area contributed by atoms with Gasteiger partial charge in [-0.05, 0) is 48.9 Å². The fourth-order valence-electron chi connectivity index (χ4n) is 1.64. The predicted octanol–water partition coefficient (Wildman–Crippen LogP) is 3.47. The van der Waals surface area contributed by atoms with Crippen LogP contribution >= 0.6 is 0 Å². The van der Waals surface area contributed by atoms with Crippen molar-refractivity contribution in [2.24, 2.45) is 16.1 Å². The Balaban J connectivity index is 1.98. The van der Waals surface area contributed by atoms with E-state index in [1.807, 2.05) is 12.1 Å². The summed E-state index contributed by atoms with van der Waals surface area (Å²) in [7, 11) is 0. The molecule has 6 heteroatoms. The summed E-state index contributed by atoms with van der Waals surface area (Å²) in [4.78, 5) is 0. The number of nitrogens with zero attached hydrogens (tertiary/aromatic N) is 2. The third-order valence-electron chi connectivity index (χ3n) is 2.84. The molecule has 6 nitrogen and oxygen atoms in total. The predicted molar refractivity (Wildman–Crippen MR) is 84.5 cm³/mol. The Kier molecular flexibility index (Phi) is 4.40. The second-order valence-electron chi connectivity index (χ2n) is 4.47. The van der Waals surface area contributed by atoms with E-state index in [0.29, 0.717) is 17.0 Å². The minimum Gasteiger partial charge on any atom is -0.384 e. The highest BCUT2D eigenvalue weighted by Crippen LogP contribution is 2.15. The molecule has 0 fully saturated rings. The van der Waals surface area contributed by atoms with Gasteiger partial charge < -0.3 is 11.1 Å². The van der Waals surface area contributed by atoms with Crippen LogP contribution in [0.25, 0.3) is 0 Å². The number of nitrogens with two attached hydrogens (primary N) is 1. The number of hydrogen-bond acceptors (Lipinski definition) is 4. The lowest BCUT2D eigenvalue weighted by molar-refractivity contribution is 1.13. The minimum absolute atomic E-state index is 0.0322. The third kappa shape index (κ3) is 3.97. The van der Waals surface area contributed by atoms with Crippen LogP contribution in [0.2, 0.25) is 0 Å². The maximum Gasteiger partial charge on any atom is 0.122 e. The molecular formula is C15H16N6. The molecular weight excluding hydrogens is 264 g/mol. The number of nitrogen functional groups attached to an aromatic ring is 1. The van der Waals surface area contributed by atoms with Crippen molar-refractivity contribution in [1.29, 1.82) is 10.8 Å². The Morgan fingerprint density at radius 2 is 1.52 bits per heavy atom. The average molecular weight is 280 g/mol. The lowest BCUT2D eigenvalue weighted by Crippen LogP contribution is -2.10. The normalized spacial score (nSPS) is 10.5. The van der Waals surface area contributed by atoms with Crippen LogP contribution in [0.1, 0.15) is 18.1 Å². The van der Waals surface area contributed by atoms with Gasteiger partial charge in [-0.1, -0.05) is 17.4 Å². The van der Waals surface area contributed by atoms with Crippen molar-refractivity contribution in [3.05, 3.63) is 59.7 Å². The molecule has 0 bridgehead atoms. The number of amidine groups is 1. The van der Waals surface area contributed by atoms with E-state index in [2.05, 4.69) is 15.8 Å². The van der Waals surface area contributed by atoms with Crippen LogP contribution in [0.15, 0.2) is 58.9 Å². The fraction of sp³-hybridized carbons (Fsp3) is 0.0667. The van der Waals surface area contributed by atoms with Gasteiger partial charge in [0.25, 0.3) is 0 Å². The minimum atomic E-state index is 0.0322. The third-order valence-corrected chi connectivity index (χ3v) is 2.84. The van der Waals surface area contributed by atoms with E-state index in [1.54, 1.807) is 43.3 Å². The van der Waals surface area contributed by atoms with Crippen molar-refractivity contribution in [2.75, 3.05) is 5.43 Å². The average Bonchev–Trinajstić information content (AvgIpc) is 2.48. The zero-order chi connectivity index (χ0) is 15.2. The standard InChI is InChI=1S/C15H16N6/c1-10(16)11-2-6-13(7-3-11)19-21-20-14-8-4-12(5-9-14)15(17)18/h2-9,16H,1H3,(H3,17,18)(H,19,20). The summed E-state index contributed by atoms with van der Waals surface area (Å²) < 4.78 is 0. The van der Waals surface area contributed by atoms with Crippen molar-refractivity contribution >= 4 is 22.9 Å². The highest BCUT2D eigenvalue weighted by molar-refractivity contribution is 5.96. The Labute approximate surface area is 122 Å². The molecule has 21 heavy (non-hydrogen) atoms. The highest BCUT2D eigenvalue weighted by Gasteiger charge is 1.97. The van der Waals surface area contributed by atoms with E-state index >= 15 is 0 Å². The molecule has 0 spiro atoms. The Bertz CT molecular complexity index is 670. The molecule has 0 aromatic heterocycles.